The molecular weight excluding hydrogens is 406 g/mol. The Morgan fingerprint density at radius 2 is 1.91 bits per heavy atom. The van der Waals surface area contributed by atoms with Crippen LogP contribution in [0.15, 0.2) is 59.7 Å². The Balaban J connectivity index is 1.24. The largest absolute Gasteiger partial charge is 0.354 e. The van der Waals surface area contributed by atoms with Gasteiger partial charge in [-0.3, -0.25) is 14.5 Å². The summed E-state index contributed by atoms with van der Waals surface area (Å²) in [6.45, 7) is 6.37. The molecule has 0 spiro atoms. The fraction of sp³-hybridized carbons (Fsp3) is 0.304. The molecule has 0 saturated carbocycles. The topological polar surface area (TPSA) is 98.6 Å². The highest BCUT2D eigenvalue weighted by Crippen LogP contribution is 2.15. The molecule has 1 aliphatic heterocycles. The van der Waals surface area contributed by atoms with E-state index in [4.69, 9.17) is 0 Å². The van der Waals surface area contributed by atoms with Gasteiger partial charge in [-0.15, -0.1) is 0 Å². The molecule has 9 heteroatoms. The number of fused-ring (bicyclic) bond motifs is 3. The van der Waals surface area contributed by atoms with E-state index in [0.29, 0.717) is 22.1 Å². The minimum Gasteiger partial charge on any atom is -0.354 e. The van der Waals surface area contributed by atoms with Gasteiger partial charge < -0.3 is 15.2 Å². The third kappa shape index (κ3) is 3.82. The van der Waals surface area contributed by atoms with Crippen molar-refractivity contribution in [2.75, 3.05) is 37.6 Å². The van der Waals surface area contributed by atoms with Crippen LogP contribution in [-0.4, -0.2) is 69.2 Å². The van der Waals surface area contributed by atoms with Crippen LogP contribution in [0.1, 0.15) is 17.3 Å². The number of aromatic nitrogens is 4. The molecule has 3 aromatic heterocycles. The average molecular weight is 432 g/mol. The summed E-state index contributed by atoms with van der Waals surface area (Å²) in [6, 6.07) is 13.1. The molecule has 4 aromatic rings. The second kappa shape index (κ2) is 8.43. The number of anilines is 1. The minimum atomic E-state index is -0.245. The molecule has 164 valence electrons. The van der Waals surface area contributed by atoms with Gasteiger partial charge in [0.1, 0.15) is 17.0 Å². The lowest BCUT2D eigenvalue weighted by atomic mass is 10.2. The number of amides is 1. The molecule has 1 atom stereocenters. The van der Waals surface area contributed by atoms with Crippen LogP contribution < -0.4 is 15.8 Å². The van der Waals surface area contributed by atoms with Crippen LogP contribution >= 0.6 is 0 Å². The maximum atomic E-state index is 12.9. The van der Waals surface area contributed by atoms with Gasteiger partial charge in [-0.25, -0.2) is 9.50 Å². The molecule has 1 amide bonds. The summed E-state index contributed by atoms with van der Waals surface area (Å²) in [4.78, 5) is 37.2. The lowest BCUT2D eigenvalue weighted by Crippen LogP contribution is -2.51. The number of pyridine rings is 1. The summed E-state index contributed by atoms with van der Waals surface area (Å²) in [5, 5.41) is 7.92. The Labute approximate surface area is 184 Å². The van der Waals surface area contributed by atoms with E-state index in [1.54, 1.807) is 16.6 Å². The Hall–Kier alpha value is -3.72. The van der Waals surface area contributed by atoms with Crippen LogP contribution in [0.4, 0.5) is 5.82 Å². The number of hydrogen-bond donors (Lipinski definition) is 2. The molecule has 1 unspecified atom stereocenters. The highest BCUT2D eigenvalue weighted by Gasteiger charge is 2.22. The number of carbonyl (C=O) groups is 1. The number of nitrogens with zero attached hydrogens (tertiary/aromatic N) is 5. The number of nitrogens with one attached hydrogen (secondary N) is 2. The van der Waals surface area contributed by atoms with Gasteiger partial charge in [0, 0.05) is 45.0 Å². The van der Waals surface area contributed by atoms with Gasteiger partial charge in [0.15, 0.2) is 0 Å². The predicted octanol–water partition coefficient (Wildman–Crippen LogP) is 1.51. The lowest BCUT2D eigenvalue weighted by Gasteiger charge is -2.36. The van der Waals surface area contributed by atoms with Crippen LogP contribution in [0.25, 0.3) is 16.6 Å². The number of hydrogen-bond acceptors (Lipinski definition) is 6. The van der Waals surface area contributed by atoms with Crippen molar-refractivity contribution >= 4 is 28.3 Å². The van der Waals surface area contributed by atoms with Crippen molar-refractivity contribution in [3.05, 3.63) is 70.8 Å². The smallest absolute Gasteiger partial charge is 0.259 e. The second-order valence-electron chi connectivity index (χ2n) is 8.14. The van der Waals surface area contributed by atoms with Crippen molar-refractivity contribution in [1.29, 1.82) is 0 Å². The fourth-order valence-corrected chi connectivity index (χ4v) is 4.28. The lowest BCUT2D eigenvalue weighted by molar-refractivity contribution is 0.0929. The molecule has 2 N–H and O–H groups in total. The Morgan fingerprint density at radius 3 is 2.69 bits per heavy atom. The zero-order valence-corrected chi connectivity index (χ0v) is 17.9. The quantitative estimate of drug-likeness (QED) is 0.497. The number of carbonyl (C=O) groups excluding carboxylic acids is 1. The second-order valence-corrected chi connectivity index (χ2v) is 8.14. The molecule has 0 bridgehead atoms. The first kappa shape index (κ1) is 20.2. The van der Waals surface area contributed by atoms with Crippen molar-refractivity contribution in [3.8, 4) is 0 Å². The molecule has 0 aliphatic carbocycles. The van der Waals surface area contributed by atoms with Crippen molar-refractivity contribution < 1.29 is 4.79 Å². The summed E-state index contributed by atoms with van der Waals surface area (Å²) in [5.74, 6) is 0.758. The predicted molar refractivity (Wildman–Crippen MR) is 123 cm³/mol. The number of rotatable bonds is 5. The SMILES string of the molecule is CC(CN1CCN(c2ccccn2)CC1)NC(=O)c1cnn2c1[nH]c(=O)c1ccccc12. The first-order chi connectivity index (χ1) is 15.6. The first-order valence-electron chi connectivity index (χ1n) is 10.8. The summed E-state index contributed by atoms with van der Waals surface area (Å²) < 4.78 is 1.60. The fourth-order valence-electron chi connectivity index (χ4n) is 4.28. The maximum Gasteiger partial charge on any atom is 0.259 e. The van der Waals surface area contributed by atoms with Gasteiger partial charge in [-0.1, -0.05) is 18.2 Å². The van der Waals surface area contributed by atoms with E-state index in [1.807, 2.05) is 43.5 Å². The third-order valence-corrected chi connectivity index (χ3v) is 5.88. The molecule has 32 heavy (non-hydrogen) atoms. The van der Waals surface area contributed by atoms with Crippen LogP contribution in [0.3, 0.4) is 0 Å². The molecule has 1 saturated heterocycles. The molecule has 5 rings (SSSR count). The summed E-state index contributed by atoms with van der Waals surface area (Å²) >= 11 is 0. The van der Waals surface area contributed by atoms with E-state index in [2.05, 4.69) is 30.2 Å². The highest BCUT2D eigenvalue weighted by atomic mass is 16.2. The van der Waals surface area contributed by atoms with Gasteiger partial charge in [0.05, 0.1) is 17.1 Å². The molecule has 4 heterocycles. The Morgan fingerprint density at radius 1 is 1.12 bits per heavy atom. The normalized spacial score (nSPS) is 15.8. The van der Waals surface area contributed by atoms with Crippen LogP contribution in [0.2, 0.25) is 0 Å². The highest BCUT2D eigenvalue weighted by molar-refractivity contribution is 6.00. The van der Waals surface area contributed by atoms with Gasteiger partial charge in [-0.2, -0.15) is 5.10 Å². The summed E-state index contributed by atoms with van der Waals surface area (Å²) in [7, 11) is 0. The Bertz CT molecular complexity index is 1310. The van der Waals surface area contributed by atoms with Crippen LogP contribution in [0.5, 0.6) is 0 Å². The molecule has 0 radical (unpaired) electrons. The summed E-state index contributed by atoms with van der Waals surface area (Å²) in [6.07, 6.45) is 3.32. The van der Waals surface area contributed by atoms with Crippen molar-refractivity contribution in [2.45, 2.75) is 13.0 Å². The van der Waals surface area contributed by atoms with Gasteiger partial charge in [0.2, 0.25) is 0 Å². The van der Waals surface area contributed by atoms with E-state index < -0.39 is 0 Å². The number of aromatic amines is 1. The van der Waals surface area contributed by atoms with Gasteiger partial charge in [-0.05, 0) is 31.2 Å². The van der Waals surface area contributed by atoms with E-state index in [-0.39, 0.29) is 17.5 Å². The average Bonchev–Trinajstić information content (AvgIpc) is 3.24. The van der Waals surface area contributed by atoms with E-state index in [0.717, 1.165) is 38.5 Å². The van der Waals surface area contributed by atoms with Crippen LogP contribution in [0, 0.1) is 0 Å². The zero-order valence-electron chi connectivity index (χ0n) is 17.9. The monoisotopic (exact) mass is 431 g/mol. The first-order valence-corrected chi connectivity index (χ1v) is 10.8. The van der Waals surface area contributed by atoms with Crippen molar-refractivity contribution in [3.63, 3.8) is 0 Å². The van der Waals surface area contributed by atoms with Gasteiger partial charge >= 0.3 is 0 Å². The number of para-hydroxylation sites is 1. The Kier molecular flexibility index (Phi) is 5.32. The standard InChI is InChI=1S/C23H25N7O2/c1-16(15-28-10-12-29(13-11-28)20-8-4-5-9-24-20)26-23(32)18-14-25-30-19-7-3-2-6-17(19)22(31)27-21(18)30/h2-9,14,16H,10-13,15H2,1H3,(H,26,32)(H,27,31). The van der Waals surface area contributed by atoms with E-state index >= 15 is 0 Å². The van der Waals surface area contributed by atoms with Gasteiger partial charge in [0.25, 0.3) is 11.5 Å². The number of H-pyrrole nitrogens is 1. The van der Waals surface area contributed by atoms with Crippen molar-refractivity contribution in [2.24, 2.45) is 0 Å². The number of piperazine rings is 1. The molecule has 1 aromatic carbocycles. The maximum absolute atomic E-state index is 12.9. The third-order valence-electron chi connectivity index (χ3n) is 5.88. The minimum absolute atomic E-state index is 0.0500. The summed E-state index contributed by atoms with van der Waals surface area (Å²) in [5.41, 5.74) is 1.20. The number of benzene rings is 1. The molecular formula is C23H25N7O2. The van der Waals surface area contributed by atoms with Crippen molar-refractivity contribution in [1.82, 2.24) is 29.8 Å². The molecule has 9 nitrogen and oxygen atoms in total. The molecule has 1 aliphatic rings. The zero-order chi connectivity index (χ0) is 22.1. The van der Waals surface area contributed by atoms with Crippen LogP contribution in [-0.2, 0) is 0 Å². The molecule has 1 fully saturated rings. The van der Waals surface area contributed by atoms with E-state index in [9.17, 15) is 9.59 Å². The van der Waals surface area contributed by atoms with E-state index in [1.165, 1.54) is 6.20 Å².